The Hall–Kier alpha value is -3.92. The first-order valence-corrected chi connectivity index (χ1v) is 8.91. The smallest absolute Gasteiger partial charge is 0.135 e. The Kier molecular flexibility index (Phi) is 3.87. The normalized spacial score (nSPS) is 11.0. The fraction of sp³-hybridized carbons (Fsp3) is 0. The van der Waals surface area contributed by atoms with Crippen molar-refractivity contribution in [3.05, 3.63) is 91.0 Å². The predicted octanol–water partition coefficient (Wildman–Crippen LogP) is 6.88. The van der Waals surface area contributed by atoms with Gasteiger partial charge in [0.15, 0.2) is 0 Å². The largest absolute Gasteiger partial charge is 0.508 e. The minimum atomic E-state index is 0.207. The molecule has 0 saturated heterocycles. The molecule has 4 heteroatoms. The molecule has 0 unspecified atom stereocenters. The van der Waals surface area contributed by atoms with E-state index in [1.54, 1.807) is 24.3 Å². The van der Waals surface area contributed by atoms with Crippen LogP contribution in [0.25, 0.3) is 21.9 Å². The lowest BCUT2D eigenvalue weighted by molar-refractivity contribution is 0.461. The highest BCUT2D eigenvalue weighted by Crippen LogP contribution is 2.33. The summed E-state index contributed by atoms with van der Waals surface area (Å²) in [6.45, 7) is 0. The molecule has 0 radical (unpaired) electrons. The number of phenols is 1. The van der Waals surface area contributed by atoms with Crippen molar-refractivity contribution in [2.45, 2.75) is 0 Å². The van der Waals surface area contributed by atoms with Gasteiger partial charge >= 0.3 is 0 Å². The average Bonchev–Trinajstić information content (AvgIpc) is 3.09. The van der Waals surface area contributed by atoms with Crippen LogP contribution >= 0.6 is 0 Å². The van der Waals surface area contributed by atoms with Crippen molar-refractivity contribution in [2.24, 2.45) is 0 Å². The van der Waals surface area contributed by atoms with Gasteiger partial charge < -0.3 is 19.0 Å². The Morgan fingerprint density at radius 2 is 1.07 bits per heavy atom. The summed E-state index contributed by atoms with van der Waals surface area (Å²) >= 11 is 0. The number of furan rings is 1. The third-order valence-corrected chi connectivity index (χ3v) is 4.48. The van der Waals surface area contributed by atoms with Gasteiger partial charge in [-0.05, 0) is 72.8 Å². The lowest BCUT2D eigenvalue weighted by atomic mass is 10.1. The van der Waals surface area contributed by atoms with Gasteiger partial charge in [-0.15, -0.1) is 0 Å². The van der Waals surface area contributed by atoms with E-state index in [4.69, 9.17) is 13.9 Å². The van der Waals surface area contributed by atoms with Crippen molar-refractivity contribution >= 4 is 21.9 Å². The van der Waals surface area contributed by atoms with Gasteiger partial charge in [0.2, 0.25) is 0 Å². The standard InChI is InChI=1S/C24H16O4/c25-16-5-7-17(8-6-16)26-18-9-11-19(12-10-18)27-20-13-14-24-22(15-20)21-3-1-2-4-23(21)28-24/h1-15,25H. The Labute approximate surface area is 161 Å². The number of ether oxygens (including phenoxy) is 2. The van der Waals surface area contributed by atoms with Crippen LogP contribution in [0.3, 0.4) is 0 Å². The number of phenolic OH excluding ortho intramolecular Hbond substituents is 1. The van der Waals surface area contributed by atoms with Crippen molar-refractivity contribution in [1.82, 2.24) is 0 Å². The van der Waals surface area contributed by atoms with E-state index in [2.05, 4.69) is 0 Å². The summed E-state index contributed by atoms with van der Waals surface area (Å²) in [6.07, 6.45) is 0. The highest BCUT2D eigenvalue weighted by molar-refractivity contribution is 6.05. The average molecular weight is 368 g/mol. The van der Waals surface area contributed by atoms with Crippen LogP contribution in [0.15, 0.2) is 95.4 Å². The predicted molar refractivity (Wildman–Crippen MR) is 108 cm³/mol. The van der Waals surface area contributed by atoms with E-state index in [0.29, 0.717) is 17.2 Å². The van der Waals surface area contributed by atoms with Gasteiger partial charge in [-0.2, -0.15) is 0 Å². The summed E-state index contributed by atoms with van der Waals surface area (Å²) in [7, 11) is 0. The monoisotopic (exact) mass is 368 g/mol. The second-order valence-electron chi connectivity index (χ2n) is 6.43. The summed E-state index contributed by atoms with van der Waals surface area (Å²) < 4.78 is 17.6. The summed E-state index contributed by atoms with van der Waals surface area (Å²) in [5.74, 6) is 3.01. The zero-order valence-electron chi connectivity index (χ0n) is 14.8. The molecular formula is C24H16O4. The van der Waals surface area contributed by atoms with E-state index in [0.717, 1.165) is 27.7 Å². The van der Waals surface area contributed by atoms with Crippen molar-refractivity contribution < 1.29 is 19.0 Å². The molecule has 5 rings (SSSR count). The molecule has 0 fully saturated rings. The highest BCUT2D eigenvalue weighted by Gasteiger charge is 2.08. The van der Waals surface area contributed by atoms with Crippen molar-refractivity contribution in [3.8, 4) is 28.7 Å². The zero-order chi connectivity index (χ0) is 18.9. The third kappa shape index (κ3) is 3.12. The minimum absolute atomic E-state index is 0.207. The van der Waals surface area contributed by atoms with E-state index < -0.39 is 0 Å². The van der Waals surface area contributed by atoms with Crippen molar-refractivity contribution in [2.75, 3.05) is 0 Å². The maximum Gasteiger partial charge on any atom is 0.135 e. The van der Waals surface area contributed by atoms with E-state index >= 15 is 0 Å². The molecule has 5 aromatic rings. The topological polar surface area (TPSA) is 51.8 Å². The van der Waals surface area contributed by atoms with Crippen LogP contribution in [-0.2, 0) is 0 Å². The van der Waals surface area contributed by atoms with Gasteiger partial charge in [-0.25, -0.2) is 0 Å². The fourth-order valence-electron chi connectivity index (χ4n) is 3.13. The number of hydrogen-bond acceptors (Lipinski definition) is 4. The molecule has 0 atom stereocenters. The summed E-state index contributed by atoms with van der Waals surface area (Å²) in [5, 5.41) is 11.4. The van der Waals surface area contributed by atoms with Gasteiger partial charge in [-0.3, -0.25) is 0 Å². The van der Waals surface area contributed by atoms with E-state index in [1.807, 2.05) is 66.7 Å². The van der Waals surface area contributed by atoms with Crippen molar-refractivity contribution in [1.29, 1.82) is 0 Å². The second-order valence-corrected chi connectivity index (χ2v) is 6.43. The van der Waals surface area contributed by atoms with E-state index in [9.17, 15) is 5.11 Å². The maximum atomic E-state index is 9.33. The zero-order valence-corrected chi connectivity index (χ0v) is 14.8. The Morgan fingerprint density at radius 1 is 0.536 bits per heavy atom. The van der Waals surface area contributed by atoms with Gasteiger partial charge in [-0.1, -0.05) is 18.2 Å². The summed E-state index contributed by atoms with van der Waals surface area (Å²) in [5.41, 5.74) is 1.71. The molecule has 4 nitrogen and oxygen atoms in total. The first kappa shape index (κ1) is 16.3. The Morgan fingerprint density at radius 3 is 1.79 bits per heavy atom. The Bertz CT molecular complexity index is 1250. The lowest BCUT2D eigenvalue weighted by Gasteiger charge is -2.08. The molecule has 0 saturated carbocycles. The molecule has 1 aromatic heterocycles. The molecule has 0 aliphatic carbocycles. The molecule has 1 heterocycles. The molecule has 0 amide bonds. The van der Waals surface area contributed by atoms with E-state index in [-0.39, 0.29) is 5.75 Å². The number of aromatic hydroxyl groups is 1. The van der Waals surface area contributed by atoms with Gasteiger partial charge in [0.1, 0.15) is 39.9 Å². The van der Waals surface area contributed by atoms with E-state index in [1.165, 1.54) is 0 Å². The molecule has 0 spiro atoms. The van der Waals surface area contributed by atoms with Crippen LogP contribution in [0.1, 0.15) is 0 Å². The molecule has 28 heavy (non-hydrogen) atoms. The first-order chi connectivity index (χ1) is 13.7. The minimum Gasteiger partial charge on any atom is -0.508 e. The van der Waals surface area contributed by atoms with Crippen LogP contribution in [0.5, 0.6) is 28.7 Å². The number of rotatable bonds is 4. The fourth-order valence-corrected chi connectivity index (χ4v) is 3.13. The van der Waals surface area contributed by atoms with Crippen LogP contribution in [0, 0.1) is 0 Å². The number of benzene rings is 4. The quantitative estimate of drug-likeness (QED) is 0.376. The Balaban J connectivity index is 1.37. The van der Waals surface area contributed by atoms with Crippen LogP contribution in [0.4, 0.5) is 0 Å². The molecule has 0 aliphatic heterocycles. The molecule has 0 bridgehead atoms. The molecule has 4 aromatic carbocycles. The SMILES string of the molecule is Oc1ccc(Oc2ccc(Oc3ccc4oc5ccccc5c4c3)cc2)cc1. The molecule has 1 N–H and O–H groups in total. The lowest BCUT2D eigenvalue weighted by Crippen LogP contribution is -1.86. The second kappa shape index (κ2) is 6.67. The van der Waals surface area contributed by atoms with Crippen molar-refractivity contribution in [3.63, 3.8) is 0 Å². The van der Waals surface area contributed by atoms with Crippen LogP contribution in [0.2, 0.25) is 0 Å². The third-order valence-electron chi connectivity index (χ3n) is 4.48. The van der Waals surface area contributed by atoms with Gasteiger partial charge in [0, 0.05) is 10.8 Å². The number of para-hydroxylation sites is 1. The molecule has 136 valence electrons. The summed E-state index contributed by atoms with van der Waals surface area (Å²) in [4.78, 5) is 0. The van der Waals surface area contributed by atoms with Gasteiger partial charge in [0.05, 0.1) is 0 Å². The van der Waals surface area contributed by atoms with Crippen LogP contribution < -0.4 is 9.47 Å². The molecule has 0 aliphatic rings. The highest BCUT2D eigenvalue weighted by atomic mass is 16.5. The summed E-state index contributed by atoms with van der Waals surface area (Å²) in [6, 6.07) is 27.8. The van der Waals surface area contributed by atoms with Crippen LogP contribution in [-0.4, -0.2) is 5.11 Å². The maximum absolute atomic E-state index is 9.33. The number of hydrogen-bond donors (Lipinski definition) is 1. The number of fused-ring (bicyclic) bond motifs is 3. The first-order valence-electron chi connectivity index (χ1n) is 8.91. The van der Waals surface area contributed by atoms with Gasteiger partial charge in [0.25, 0.3) is 0 Å². The molecular weight excluding hydrogens is 352 g/mol.